The lowest BCUT2D eigenvalue weighted by atomic mass is 10.2. The van der Waals surface area contributed by atoms with Crippen molar-refractivity contribution < 1.29 is 4.79 Å². The van der Waals surface area contributed by atoms with E-state index in [0.717, 1.165) is 45.9 Å². The Labute approximate surface area is 173 Å². The average molecular weight is 413 g/mol. The second-order valence-corrected chi connectivity index (χ2v) is 9.46. The van der Waals surface area contributed by atoms with Gasteiger partial charge < -0.3 is 5.32 Å². The van der Waals surface area contributed by atoms with E-state index in [4.69, 9.17) is 9.97 Å². The first-order valence-electron chi connectivity index (χ1n) is 9.54. The van der Waals surface area contributed by atoms with E-state index >= 15 is 0 Å². The standard InChI is InChI=1S/C21H24N4OS2/c1-13-14(2)27-20-19(13)21(24-18(23-20)12-25-10-4-5-11-25)28-17-8-6-16(7-9-17)22-15(3)26/h6-9H,4-5,10-12H2,1-3H3,(H,22,26). The summed E-state index contributed by atoms with van der Waals surface area (Å²) in [4.78, 5) is 27.0. The molecule has 1 aliphatic rings. The molecule has 1 aliphatic heterocycles. The molecule has 3 aromatic rings. The van der Waals surface area contributed by atoms with Gasteiger partial charge in [-0.25, -0.2) is 9.97 Å². The summed E-state index contributed by atoms with van der Waals surface area (Å²) in [6.45, 7) is 8.92. The van der Waals surface area contributed by atoms with Gasteiger partial charge in [0.1, 0.15) is 15.7 Å². The molecule has 7 heteroatoms. The summed E-state index contributed by atoms with van der Waals surface area (Å²) >= 11 is 3.42. The minimum absolute atomic E-state index is 0.0613. The van der Waals surface area contributed by atoms with Crippen molar-refractivity contribution in [3.8, 4) is 0 Å². The van der Waals surface area contributed by atoms with Crippen LogP contribution in [0.4, 0.5) is 5.69 Å². The number of likely N-dealkylation sites (tertiary alicyclic amines) is 1. The van der Waals surface area contributed by atoms with Gasteiger partial charge in [-0.3, -0.25) is 9.69 Å². The molecule has 1 saturated heterocycles. The number of aromatic nitrogens is 2. The SMILES string of the molecule is CC(=O)Nc1ccc(Sc2nc(CN3CCCC3)nc3sc(C)c(C)c23)cc1. The lowest BCUT2D eigenvalue weighted by Gasteiger charge is -2.14. The van der Waals surface area contributed by atoms with Crippen molar-refractivity contribution in [2.75, 3.05) is 18.4 Å². The maximum Gasteiger partial charge on any atom is 0.221 e. The Morgan fingerprint density at radius 1 is 1.18 bits per heavy atom. The third-order valence-electron chi connectivity index (χ3n) is 4.99. The molecule has 0 saturated carbocycles. The van der Waals surface area contributed by atoms with Gasteiger partial charge in [-0.05, 0) is 69.6 Å². The van der Waals surface area contributed by atoms with Crippen LogP contribution in [0.5, 0.6) is 0 Å². The summed E-state index contributed by atoms with van der Waals surface area (Å²) in [7, 11) is 0. The Kier molecular flexibility index (Phi) is 5.66. The van der Waals surface area contributed by atoms with Crippen molar-refractivity contribution >= 4 is 44.9 Å². The lowest BCUT2D eigenvalue weighted by molar-refractivity contribution is -0.114. The summed E-state index contributed by atoms with van der Waals surface area (Å²) in [6, 6.07) is 7.91. The normalized spacial score (nSPS) is 14.7. The van der Waals surface area contributed by atoms with E-state index < -0.39 is 0 Å². The molecule has 5 nitrogen and oxygen atoms in total. The second kappa shape index (κ2) is 8.19. The summed E-state index contributed by atoms with van der Waals surface area (Å²) in [6.07, 6.45) is 2.53. The minimum Gasteiger partial charge on any atom is -0.326 e. The molecule has 1 N–H and O–H groups in total. The van der Waals surface area contributed by atoms with Gasteiger partial charge in [0.2, 0.25) is 5.91 Å². The van der Waals surface area contributed by atoms with Gasteiger partial charge in [0.15, 0.2) is 0 Å². The van der Waals surface area contributed by atoms with Crippen molar-refractivity contribution in [2.24, 2.45) is 0 Å². The van der Waals surface area contributed by atoms with Gasteiger partial charge in [-0.15, -0.1) is 11.3 Å². The Morgan fingerprint density at radius 2 is 1.89 bits per heavy atom. The van der Waals surface area contributed by atoms with Crippen LogP contribution in [0, 0.1) is 13.8 Å². The number of carbonyl (C=O) groups is 1. The van der Waals surface area contributed by atoms with Crippen LogP contribution in [0.3, 0.4) is 0 Å². The van der Waals surface area contributed by atoms with Gasteiger partial charge in [0, 0.05) is 27.8 Å². The van der Waals surface area contributed by atoms with Crippen molar-refractivity contribution in [2.45, 2.75) is 50.1 Å². The Morgan fingerprint density at radius 3 is 2.57 bits per heavy atom. The Hall–Kier alpha value is -1.96. The molecular weight excluding hydrogens is 388 g/mol. The predicted molar refractivity (Wildman–Crippen MR) is 116 cm³/mol. The number of hydrogen-bond donors (Lipinski definition) is 1. The van der Waals surface area contributed by atoms with Gasteiger partial charge in [0.25, 0.3) is 0 Å². The number of thiophene rings is 1. The van der Waals surface area contributed by atoms with E-state index in [1.165, 1.54) is 35.6 Å². The number of carbonyl (C=O) groups excluding carboxylic acids is 1. The molecule has 0 unspecified atom stereocenters. The quantitative estimate of drug-likeness (QED) is 0.597. The van der Waals surface area contributed by atoms with E-state index in [9.17, 15) is 4.79 Å². The topological polar surface area (TPSA) is 58.1 Å². The van der Waals surface area contributed by atoms with Crippen LogP contribution in [0.2, 0.25) is 0 Å². The zero-order valence-corrected chi connectivity index (χ0v) is 18.0. The van der Waals surface area contributed by atoms with E-state index in [-0.39, 0.29) is 5.91 Å². The fourth-order valence-electron chi connectivity index (χ4n) is 3.46. The summed E-state index contributed by atoms with van der Waals surface area (Å²) in [5.41, 5.74) is 2.08. The van der Waals surface area contributed by atoms with Crippen molar-refractivity contribution in [1.29, 1.82) is 0 Å². The predicted octanol–water partition coefficient (Wildman–Crippen LogP) is 5.01. The molecule has 0 aliphatic carbocycles. The van der Waals surface area contributed by atoms with Crippen LogP contribution in [0.1, 0.15) is 36.0 Å². The largest absolute Gasteiger partial charge is 0.326 e. The number of hydrogen-bond acceptors (Lipinski definition) is 6. The molecule has 0 spiro atoms. The number of rotatable bonds is 5. The molecule has 28 heavy (non-hydrogen) atoms. The molecule has 0 atom stereocenters. The van der Waals surface area contributed by atoms with Crippen molar-refractivity contribution in [3.05, 3.63) is 40.5 Å². The van der Waals surface area contributed by atoms with E-state index in [1.807, 2.05) is 24.3 Å². The molecule has 0 radical (unpaired) electrons. The van der Waals surface area contributed by atoms with Gasteiger partial charge >= 0.3 is 0 Å². The summed E-state index contributed by atoms with van der Waals surface area (Å²) < 4.78 is 0. The molecule has 0 bridgehead atoms. The molecule has 3 heterocycles. The first kappa shape index (κ1) is 19.4. The fourth-order valence-corrected chi connectivity index (χ4v) is 5.57. The number of nitrogens with one attached hydrogen (secondary N) is 1. The minimum atomic E-state index is -0.0613. The van der Waals surface area contributed by atoms with Crippen LogP contribution in [-0.2, 0) is 11.3 Å². The average Bonchev–Trinajstić information content (AvgIpc) is 3.25. The summed E-state index contributed by atoms with van der Waals surface area (Å²) in [5.74, 6) is 0.849. The molecule has 1 amide bonds. The molecule has 2 aromatic heterocycles. The van der Waals surface area contributed by atoms with E-state index in [1.54, 1.807) is 23.1 Å². The first-order valence-corrected chi connectivity index (χ1v) is 11.2. The number of anilines is 1. The molecule has 146 valence electrons. The van der Waals surface area contributed by atoms with E-state index in [0.29, 0.717) is 0 Å². The Balaban J connectivity index is 1.66. The second-order valence-electron chi connectivity index (χ2n) is 7.20. The number of aryl methyl sites for hydroxylation is 2. The van der Waals surface area contributed by atoms with Crippen LogP contribution in [0.25, 0.3) is 10.2 Å². The first-order chi connectivity index (χ1) is 13.5. The van der Waals surface area contributed by atoms with Gasteiger partial charge in [0.05, 0.1) is 6.54 Å². The highest BCUT2D eigenvalue weighted by Crippen LogP contribution is 2.38. The molecular formula is C21H24N4OS2. The lowest BCUT2D eigenvalue weighted by Crippen LogP contribution is -2.20. The molecule has 1 aromatic carbocycles. The Bertz CT molecular complexity index is 1010. The maximum absolute atomic E-state index is 11.2. The summed E-state index contributed by atoms with van der Waals surface area (Å²) in [5, 5.41) is 5.00. The zero-order valence-electron chi connectivity index (χ0n) is 16.4. The molecule has 1 fully saturated rings. The number of benzene rings is 1. The smallest absolute Gasteiger partial charge is 0.221 e. The maximum atomic E-state index is 11.2. The van der Waals surface area contributed by atoms with Crippen molar-refractivity contribution in [3.63, 3.8) is 0 Å². The highest BCUT2D eigenvalue weighted by atomic mass is 32.2. The van der Waals surface area contributed by atoms with E-state index in [2.05, 4.69) is 24.1 Å². The van der Waals surface area contributed by atoms with Crippen LogP contribution < -0.4 is 5.32 Å². The number of amides is 1. The van der Waals surface area contributed by atoms with Crippen LogP contribution in [-0.4, -0.2) is 33.9 Å². The monoisotopic (exact) mass is 412 g/mol. The third-order valence-corrected chi connectivity index (χ3v) is 7.09. The fraction of sp³-hybridized carbons (Fsp3) is 0.381. The van der Waals surface area contributed by atoms with Gasteiger partial charge in [-0.2, -0.15) is 0 Å². The highest BCUT2D eigenvalue weighted by molar-refractivity contribution is 7.99. The third kappa shape index (κ3) is 4.21. The highest BCUT2D eigenvalue weighted by Gasteiger charge is 2.18. The van der Waals surface area contributed by atoms with Crippen LogP contribution >= 0.6 is 23.1 Å². The van der Waals surface area contributed by atoms with Crippen molar-refractivity contribution in [1.82, 2.24) is 14.9 Å². The van der Waals surface area contributed by atoms with Crippen LogP contribution in [0.15, 0.2) is 34.2 Å². The number of fused-ring (bicyclic) bond motifs is 1. The van der Waals surface area contributed by atoms with Gasteiger partial charge in [-0.1, -0.05) is 11.8 Å². The number of nitrogens with zero attached hydrogens (tertiary/aromatic N) is 3. The molecule has 4 rings (SSSR count). The zero-order chi connectivity index (χ0) is 19.7.